The lowest BCUT2D eigenvalue weighted by Crippen LogP contribution is -2.38. The number of halogens is 1. The molecule has 1 heterocycles. The predicted octanol–water partition coefficient (Wildman–Crippen LogP) is 2.14. The Balaban J connectivity index is 1.69. The van der Waals surface area contributed by atoms with E-state index >= 15 is 0 Å². The first-order valence-corrected chi connectivity index (χ1v) is 8.00. The zero-order valence-corrected chi connectivity index (χ0v) is 13.7. The Labute approximate surface area is 147 Å². The van der Waals surface area contributed by atoms with Crippen molar-refractivity contribution in [2.24, 2.45) is 11.8 Å². The van der Waals surface area contributed by atoms with Gasteiger partial charge >= 0.3 is 0 Å². The van der Waals surface area contributed by atoms with Crippen LogP contribution in [0.2, 0.25) is 5.02 Å². The highest BCUT2D eigenvalue weighted by atomic mass is 35.5. The van der Waals surface area contributed by atoms with Crippen LogP contribution in [0.1, 0.15) is 12.8 Å². The average molecular weight is 364 g/mol. The molecule has 1 aromatic rings. The molecule has 0 bridgehead atoms. The van der Waals surface area contributed by atoms with Crippen LogP contribution in [0.5, 0.6) is 0 Å². The molecule has 2 aliphatic rings. The van der Waals surface area contributed by atoms with Crippen molar-refractivity contribution in [3.63, 3.8) is 0 Å². The van der Waals surface area contributed by atoms with Crippen molar-refractivity contribution in [1.82, 2.24) is 4.90 Å². The summed E-state index contributed by atoms with van der Waals surface area (Å²) in [6.07, 6.45) is 4.72. The van der Waals surface area contributed by atoms with Gasteiger partial charge < -0.3 is 5.32 Å². The van der Waals surface area contributed by atoms with Crippen molar-refractivity contribution in [2.75, 3.05) is 11.9 Å². The van der Waals surface area contributed by atoms with Gasteiger partial charge in [-0.15, -0.1) is 0 Å². The molecule has 1 fully saturated rings. The third-order valence-corrected chi connectivity index (χ3v) is 4.65. The number of benzene rings is 1. The van der Waals surface area contributed by atoms with Crippen LogP contribution in [0.15, 0.2) is 30.4 Å². The molecule has 25 heavy (non-hydrogen) atoms. The zero-order chi connectivity index (χ0) is 18.1. The van der Waals surface area contributed by atoms with Crippen molar-refractivity contribution in [1.29, 1.82) is 0 Å². The van der Waals surface area contributed by atoms with Crippen LogP contribution in [0.3, 0.4) is 0 Å². The number of carbonyl (C=O) groups excluding carboxylic acids is 3. The second kappa shape index (κ2) is 6.64. The Hall–Kier alpha value is -2.74. The molecular weight excluding hydrogens is 350 g/mol. The second-order valence-corrected chi connectivity index (χ2v) is 6.30. The number of carbonyl (C=O) groups is 3. The van der Waals surface area contributed by atoms with Crippen molar-refractivity contribution < 1.29 is 19.3 Å². The number of nitrogens with zero attached hydrogens (tertiary/aromatic N) is 2. The number of nitrogens with one attached hydrogen (secondary N) is 1. The van der Waals surface area contributed by atoms with Gasteiger partial charge in [0.05, 0.1) is 16.8 Å². The van der Waals surface area contributed by atoms with Crippen molar-refractivity contribution in [3.05, 3.63) is 45.5 Å². The van der Waals surface area contributed by atoms with Crippen LogP contribution in [0.25, 0.3) is 0 Å². The quantitative estimate of drug-likeness (QED) is 0.381. The number of nitro benzene ring substituents is 1. The first-order chi connectivity index (χ1) is 11.9. The molecular formula is C16H14ClN3O5. The van der Waals surface area contributed by atoms with E-state index in [-0.39, 0.29) is 28.2 Å². The second-order valence-electron chi connectivity index (χ2n) is 5.89. The minimum atomic E-state index is -0.663. The summed E-state index contributed by atoms with van der Waals surface area (Å²) in [6, 6.07) is 3.82. The van der Waals surface area contributed by atoms with E-state index in [1.807, 2.05) is 12.2 Å². The summed E-state index contributed by atoms with van der Waals surface area (Å²) in [6.45, 7) is -0.416. The number of hydrogen-bond donors (Lipinski definition) is 1. The molecule has 0 saturated carbocycles. The van der Waals surface area contributed by atoms with E-state index in [4.69, 9.17) is 11.6 Å². The Morgan fingerprint density at radius 2 is 1.84 bits per heavy atom. The number of fused-ring (bicyclic) bond motifs is 1. The van der Waals surface area contributed by atoms with E-state index < -0.39 is 29.2 Å². The molecule has 8 nitrogen and oxygen atoms in total. The van der Waals surface area contributed by atoms with Crippen LogP contribution in [0.4, 0.5) is 11.4 Å². The van der Waals surface area contributed by atoms with Gasteiger partial charge in [0.25, 0.3) is 5.69 Å². The Bertz CT molecular complexity index is 781. The summed E-state index contributed by atoms with van der Waals surface area (Å²) in [4.78, 5) is 47.9. The number of imide groups is 1. The summed E-state index contributed by atoms with van der Waals surface area (Å²) in [5.41, 5.74) is -0.177. The fraction of sp³-hybridized carbons (Fsp3) is 0.312. The number of allylic oxidation sites excluding steroid dienone is 2. The third kappa shape index (κ3) is 3.25. The van der Waals surface area contributed by atoms with Gasteiger partial charge in [-0.25, -0.2) is 0 Å². The lowest BCUT2D eigenvalue weighted by Gasteiger charge is -2.14. The highest BCUT2D eigenvalue weighted by Gasteiger charge is 2.47. The number of anilines is 1. The molecule has 0 spiro atoms. The van der Waals surface area contributed by atoms with Crippen LogP contribution < -0.4 is 5.32 Å². The standard InChI is InChI=1S/C16H14ClN3O5/c17-12-6-5-9(7-13(12)20(24)25)18-14(21)8-19-15(22)10-3-1-2-4-11(10)16(19)23/h1-2,5-7,10-11H,3-4,8H2,(H,18,21)/t10-,11-/m1/s1. The fourth-order valence-electron chi connectivity index (χ4n) is 3.10. The molecule has 1 aliphatic heterocycles. The van der Waals surface area contributed by atoms with Gasteiger partial charge in [-0.1, -0.05) is 23.8 Å². The van der Waals surface area contributed by atoms with Gasteiger partial charge in [0.15, 0.2) is 0 Å². The van der Waals surface area contributed by atoms with Gasteiger partial charge in [0, 0.05) is 11.8 Å². The van der Waals surface area contributed by atoms with E-state index in [2.05, 4.69) is 5.32 Å². The van der Waals surface area contributed by atoms with E-state index in [1.165, 1.54) is 12.1 Å². The summed E-state index contributed by atoms with van der Waals surface area (Å²) < 4.78 is 0. The summed E-state index contributed by atoms with van der Waals surface area (Å²) in [7, 11) is 0. The smallest absolute Gasteiger partial charge is 0.289 e. The number of likely N-dealkylation sites (tertiary alicyclic amines) is 1. The topological polar surface area (TPSA) is 110 Å². The molecule has 9 heteroatoms. The van der Waals surface area contributed by atoms with E-state index in [0.29, 0.717) is 12.8 Å². The van der Waals surface area contributed by atoms with Crippen molar-refractivity contribution in [2.45, 2.75) is 12.8 Å². The van der Waals surface area contributed by atoms with E-state index in [9.17, 15) is 24.5 Å². The van der Waals surface area contributed by atoms with Gasteiger partial charge in [0.1, 0.15) is 11.6 Å². The molecule has 3 rings (SSSR count). The minimum absolute atomic E-state index is 0.0514. The Morgan fingerprint density at radius 1 is 1.24 bits per heavy atom. The molecule has 0 aromatic heterocycles. The molecule has 1 aromatic carbocycles. The van der Waals surface area contributed by atoms with Gasteiger partial charge in [-0.2, -0.15) is 0 Å². The maximum atomic E-state index is 12.3. The van der Waals surface area contributed by atoms with Crippen LogP contribution in [-0.4, -0.2) is 34.1 Å². The molecule has 3 amide bonds. The van der Waals surface area contributed by atoms with Crippen LogP contribution in [0, 0.1) is 22.0 Å². The van der Waals surface area contributed by atoms with Crippen molar-refractivity contribution in [3.8, 4) is 0 Å². The van der Waals surface area contributed by atoms with Crippen LogP contribution >= 0.6 is 11.6 Å². The molecule has 1 N–H and O–H groups in total. The molecule has 130 valence electrons. The maximum Gasteiger partial charge on any atom is 0.289 e. The average Bonchev–Trinajstić information content (AvgIpc) is 2.82. The normalized spacial score (nSPS) is 22.0. The van der Waals surface area contributed by atoms with Crippen molar-refractivity contribution >= 4 is 40.7 Å². The number of hydrogen-bond acceptors (Lipinski definition) is 5. The highest BCUT2D eigenvalue weighted by molar-refractivity contribution is 6.32. The van der Waals surface area contributed by atoms with Gasteiger partial charge in [-0.3, -0.25) is 29.4 Å². The lowest BCUT2D eigenvalue weighted by atomic mass is 9.85. The number of rotatable bonds is 4. The molecule has 0 radical (unpaired) electrons. The zero-order valence-electron chi connectivity index (χ0n) is 13.0. The number of nitro groups is 1. The van der Waals surface area contributed by atoms with Crippen LogP contribution in [-0.2, 0) is 14.4 Å². The molecule has 1 aliphatic carbocycles. The van der Waals surface area contributed by atoms with Gasteiger partial charge in [-0.05, 0) is 25.0 Å². The third-order valence-electron chi connectivity index (χ3n) is 4.33. The predicted molar refractivity (Wildman–Crippen MR) is 88.8 cm³/mol. The highest BCUT2D eigenvalue weighted by Crippen LogP contribution is 2.35. The van der Waals surface area contributed by atoms with Gasteiger partial charge in [0.2, 0.25) is 17.7 Å². The molecule has 2 atom stereocenters. The molecule has 0 unspecified atom stereocenters. The SMILES string of the molecule is O=C(CN1C(=O)[C@@H]2CC=CC[C@H]2C1=O)Nc1ccc(Cl)c([N+](=O)[O-])c1. The molecule has 1 saturated heterocycles. The Kier molecular flexibility index (Phi) is 4.54. The summed E-state index contributed by atoms with van der Waals surface area (Å²) in [5.74, 6) is -2.11. The van der Waals surface area contributed by atoms with E-state index in [1.54, 1.807) is 0 Å². The number of amides is 3. The summed E-state index contributed by atoms with van der Waals surface area (Å²) >= 11 is 5.72. The first kappa shape index (κ1) is 17.1. The van der Waals surface area contributed by atoms with E-state index in [0.717, 1.165) is 11.0 Å². The fourth-order valence-corrected chi connectivity index (χ4v) is 3.29. The minimum Gasteiger partial charge on any atom is -0.324 e. The summed E-state index contributed by atoms with van der Waals surface area (Å²) in [5, 5.41) is 13.3. The first-order valence-electron chi connectivity index (χ1n) is 7.62. The largest absolute Gasteiger partial charge is 0.324 e. The Morgan fingerprint density at radius 3 is 2.40 bits per heavy atom. The lowest BCUT2D eigenvalue weighted by molar-refractivity contribution is -0.384. The maximum absolute atomic E-state index is 12.3. The monoisotopic (exact) mass is 363 g/mol.